The highest BCUT2D eigenvalue weighted by Crippen LogP contribution is 2.26. The van der Waals surface area contributed by atoms with E-state index in [1.54, 1.807) is 6.26 Å². The van der Waals surface area contributed by atoms with Gasteiger partial charge in [-0.25, -0.2) is 0 Å². The van der Waals surface area contributed by atoms with Gasteiger partial charge in [0.1, 0.15) is 5.58 Å². The van der Waals surface area contributed by atoms with Crippen LogP contribution in [-0.4, -0.2) is 26.0 Å². The molecule has 2 aromatic rings. The summed E-state index contributed by atoms with van der Waals surface area (Å²) in [6.45, 7) is 5.72. The van der Waals surface area contributed by atoms with Crippen molar-refractivity contribution in [1.29, 1.82) is 0 Å². The van der Waals surface area contributed by atoms with Gasteiger partial charge in [0, 0.05) is 17.5 Å². The number of benzene rings is 1. The summed E-state index contributed by atoms with van der Waals surface area (Å²) in [5.41, 5.74) is 4.19. The Balaban J connectivity index is 0.00000220. The van der Waals surface area contributed by atoms with Crippen LogP contribution in [0, 0.1) is 13.8 Å². The molecule has 2 rings (SSSR count). The maximum atomic E-state index is 11.9. The number of fused-ring (bicyclic) bond motifs is 1. The molecule has 2 N–H and O–H groups in total. The zero-order valence-electron chi connectivity index (χ0n) is 12.8. The first-order valence-corrected chi connectivity index (χ1v) is 7.01. The molecule has 0 aliphatic heterocycles. The molecule has 1 amide bonds. The van der Waals surface area contributed by atoms with Crippen LogP contribution in [0.15, 0.2) is 22.8 Å². The van der Waals surface area contributed by atoms with Gasteiger partial charge in [-0.3, -0.25) is 4.79 Å². The Morgan fingerprint density at radius 2 is 2.00 bits per heavy atom. The standard InChI is InChI=1S/C16H22N2O2.ClH/c1-11-5-6-14-13(10-20-16(14)12(11)2)9-15(19)18-8-4-7-17-3;/h5-6,10,17H,4,7-9H2,1-3H3,(H,18,19);1H. The van der Waals surface area contributed by atoms with Crippen LogP contribution in [0.3, 0.4) is 0 Å². The van der Waals surface area contributed by atoms with E-state index in [1.807, 2.05) is 20.0 Å². The van der Waals surface area contributed by atoms with Crippen LogP contribution >= 0.6 is 12.4 Å². The zero-order chi connectivity index (χ0) is 14.5. The molecule has 0 spiro atoms. The Bertz CT molecular complexity index is 608. The molecule has 5 heteroatoms. The van der Waals surface area contributed by atoms with Crippen LogP contribution < -0.4 is 10.6 Å². The largest absolute Gasteiger partial charge is 0.464 e. The Morgan fingerprint density at radius 3 is 2.71 bits per heavy atom. The Morgan fingerprint density at radius 1 is 1.24 bits per heavy atom. The summed E-state index contributed by atoms with van der Waals surface area (Å²) in [5, 5.41) is 7.02. The fourth-order valence-electron chi connectivity index (χ4n) is 2.25. The summed E-state index contributed by atoms with van der Waals surface area (Å²) in [5.74, 6) is 0.0435. The first-order chi connectivity index (χ1) is 9.63. The number of amides is 1. The van der Waals surface area contributed by atoms with Crippen LogP contribution in [0.25, 0.3) is 11.0 Å². The van der Waals surface area contributed by atoms with Gasteiger partial charge in [-0.05, 0) is 45.0 Å². The second-order valence-electron chi connectivity index (χ2n) is 5.13. The zero-order valence-corrected chi connectivity index (χ0v) is 13.6. The molecule has 1 heterocycles. The minimum Gasteiger partial charge on any atom is -0.464 e. The number of hydrogen-bond acceptors (Lipinski definition) is 3. The van der Waals surface area contributed by atoms with Gasteiger partial charge in [-0.15, -0.1) is 12.4 Å². The SMILES string of the molecule is CNCCCNC(=O)Cc1coc2c(C)c(C)ccc12.Cl. The van der Waals surface area contributed by atoms with Gasteiger partial charge < -0.3 is 15.1 Å². The molecule has 0 atom stereocenters. The fraction of sp³-hybridized carbons (Fsp3) is 0.438. The molecule has 0 aliphatic carbocycles. The van der Waals surface area contributed by atoms with Crippen molar-refractivity contribution in [2.24, 2.45) is 0 Å². The van der Waals surface area contributed by atoms with Gasteiger partial charge in [0.2, 0.25) is 5.91 Å². The third-order valence-electron chi connectivity index (χ3n) is 3.62. The average molecular weight is 311 g/mol. The molecule has 1 aromatic carbocycles. The van der Waals surface area contributed by atoms with Crippen LogP contribution in [0.5, 0.6) is 0 Å². The van der Waals surface area contributed by atoms with E-state index in [0.717, 1.165) is 35.1 Å². The number of nitrogens with one attached hydrogen (secondary N) is 2. The number of carbonyl (C=O) groups excluding carboxylic acids is 1. The number of hydrogen-bond donors (Lipinski definition) is 2. The van der Waals surface area contributed by atoms with Crippen molar-refractivity contribution < 1.29 is 9.21 Å². The predicted molar refractivity (Wildman–Crippen MR) is 88.2 cm³/mol. The summed E-state index contributed by atoms with van der Waals surface area (Å²) in [4.78, 5) is 11.9. The fourth-order valence-corrected chi connectivity index (χ4v) is 2.25. The molecule has 0 saturated carbocycles. The van der Waals surface area contributed by atoms with Crippen molar-refractivity contribution in [3.05, 3.63) is 35.1 Å². The van der Waals surface area contributed by atoms with Crippen LogP contribution in [0.1, 0.15) is 23.1 Å². The van der Waals surface area contributed by atoms with Crippen molar-refractivity contribution in [2.75, 3.05) is 20.1 Å². The van der Waals surface area contributed by atoms with Crippen molar-refractivity contribution in [3.63, 3.8) is 0 Å². The molecule has 0 bridgehead atoms. The third kappa shape index (κ3) is 4.22. The van der Waals surface area contributed by atoms with Crippen molar-refractivity contribution >= 4 is 29.3 Å². The number of aryl methyl sites for hydroxylation is 2. The number of carbonyl (C=O) groups is 1. The van der Waals surface area contributed by atoms with Gasteiger partial charge in [0.25, 0.3) is 0 Å². The maximum Gasteiger partial charge on any atom is 0.224 e. The quantitative estimate of drug-likeness (QED) is 0.807. The van der Waals surface area contributed by atoms with E-state index in [0.29, 0.717) is 13.0 Å². The lowest BCUT2D eigenvalue weighted by Crippen LogP contribution is -2.27. The van der Waals surface area contributed by atoms with Gasteiger partial charge in [0.05, 0.1) is 12.7 Å². The Kier molecular flexibility index (Phi) is 6.72. The van der Waals surface area contributed by atoms with E-state index in [1.165, 1.54) is 5.56 Å². The van der Waals surface area contributed by atoms with Crippen molar-refractivity contribution in [3.8, 4) is 0 Å². The molecular weight excluding hydrogens is 288 g/mol. The van der Waals surface area contributed by atoms with E-state index in [2.05, 4.69) is 23.6 Å². The maximum absolute atomic E-state index is 11.9. The van der Waals surface area contributed by atoms with Gasteiger partial charge in [-0.1, -0.05) is 12.1 Å². The summed E-state index contributed by atoms with van der Waals surface area (Å²) in [7, 11) is 1.91. The second kappa shape index (κ2) is 8.05. The minimum atomic E-state index is 0. The molecule has 4 nitrogen and oxygen atoms in total. The molecule has 0 fully saturated rings. The number of furan rings is 1. The molecular formula is C16H23ClN2O2. The number of rotatable bonds is 6. The van der Waals surface area contributed by atoms with Crippen LogP contribution in [-0.2, 0) is 11.2 Å². The smallest absolute Gasteiger partial charge is 0.224 e. The Hall–Kier alpha value is -1.52. The molecule has 1 aromatic heterocycles. The van der Waals surface area contributed by atoms with E-state index < -0.39 is 0 Å². The summed E-state index contributed by atoms with van der Waals surface area (Å²) in [6, 6.07) is 4.10. The molecule has 0 radical (unpaired) electrons. The second-order valence-corrected chi connectivity index (χ2v) is 5.13. The van der Waals surface area contributed by atoms with Crippen LogP contribution in [0.4, 0.5) is 0 Å². The van der Waals surface area contributed by atoms with E-state index in [-0.39, 0.29) is 18.3 Å². The molecule has 0 unspecified atom stereocenters. The summed E-state index contributed by atoms with van der Waals surface area (Å²) < 4.78 is 5.61. The molecule has 116 valence electrons. The highest BCUT2D eigenvalue weighted by Gasteiger charge is 2.12. The van der Waals surface area contributed by atoms with Gasteiger partial charge in [-0.2, -0.15) is 0 Å². The number of halogens is 1. The minimum absolute atomic E-state index is 0. The lowest BCUT2D eigenvalue weighted by molar-refractivity contribution is -0.120. The Labute approximate surface area is 131 Å². The van der Waals surface area contributed by atoms with E-state index in [4.69, 9.17) is 4.42 Å². The first kappa shape index (κ1) is 17.5. The lowest BCUT2D eigenvalue weighted by Gasteiger charge is -2.04. The molecule has 0 aliphatic rings. The topological polar surface area (TPSA) is 54.3 Å². The average Bonchev–Trinajstić information content (AvgIpc) is 2.83. The van der Waals surface area contributed by atoms with E-state index in [9.17, 15) is 4.79 Å². The molecule has 21 heavy (non-hydrogen) atoms. The highest BCUT2D eigenvalue weighted by atomic mass is 35.5. The first-order valence-electron chi connectivity index (χ1n) is 7.01. The highest BCUT2D eigenvalue weighted by molar-refractivity contribution is 5.89. The van der Waals surface area contributed by atoms with E-state index >= 15 is 0 Å². The van der Waals surface area contributed by atoms with Crippen LogP contribution in [0.2, 0.25) is 0 Å². The molecule has 0 saturated heterocycles. The monoisotopic (exact) mass is 310 g/mol. The van der Waals surface area contributed by atoms with Gasteiger partial charge in [0.15, 0.2) is 0 Å². The third-order valence-corrected chi connectivity index (χ3v) is 3.62. The summed E-state index contributed by atoms with van der Waals surface area (Å²) >= 11 is 0. The summed E-state index contributed by atoms with van der Waals surface area (Å²) in [6.07, 6.45) is 3.01. The predicted octanol–water partition coefficient (Wildman–Crippen LogP) is 2.74. The normalized spacial score (nSPS) is 10.4. The van der Waals surface area contributed by atoms with Gasteiger partial charge >= 0.3 is 0 Å². The van der Waals surface area contributed by atoms with Crippen molar-refractivity contribution in [2.45, 2.75) is 26.7 Å². The lowest BCUT2D eigenvalue weighted by atomic mass is 10.0. The van der Waals surface area contributed by atoms with Crippen molar-refractivity contribution in [1.82, 2.24) is 10.6 Å².